The van der Waals surface area contributed by atoms with E-state index in [1.807, 2.05) is 11.1 Å². The molecule has 1 saturated heterocycles. The number of H-pyrrole nitrogens is 1. The quantitative estimate of drug-likeness (QED) is 0.915. The summed E-state index contributed by atoms with van der Waals surface area (Å²) in [6.07, 6.45) is 4.35. The molecule has 0 aliphatic carbocycles. The molecule has 2 aromatic rings. The van der Waals surface area contributed by atoms with Crippen molar-refractivity contribution in [2.75, 3.05) is 13.2 Å². The molecule has 2 heterocycles. The van der Waals surface area contributed by atoms with E-state index >= 15 is 0 Å². The van der Waals surface area contributed by atoms with Crippen LogP contribution < -0.4 is 0 Å². The van der Waals surface area contributed by atoms with Gasteiger partial charge in [0.2, 0.25) is 5.91 Å². The molecule has 4 heteroatoms. The highest BCUT2D eigenvalue weighted by molar-refractivity contribution is 5.89. The number of hydrogen-bond donors (Lipinski definition) is 2. The lowest BCUT2D eigenvalue weighted by Gasteiger charge is -2.37. The Balaban J connectivity index is 1.77. The van der Waals surface area contributed by atoms with Crippen LogP contribution in [0.1, 0.15) is 30.9 Å². The van der Waals surface area contributed by atoms with Crippen molar-refractivity contribution in [2.24, 2.45) is 5.92 Å². The Hall–Kier alpha value is -1.81. The summed E-state index contributed by atoms with van der Waals surface area (Å²) in [5.41, 5.74) is 3.35. The van der Waals surface area contributed by atoms with Crippen molar-refractivity contribution in [3.05, 3.63) is 35.5 Å². The minimum atomic E-state index is 0.159. The summed E-state index contributed by atoms with van der Waals surface area (Å²) >= 11 is 0. The standard InChI is InChI=1S/C18H24N2O2/c1-12-3-6-16-15(9-19-17(16)7-12)8-18(22)20-10-14(11-21)5-4-13(20)2/h3,6-7,9,13-14,19,21H,4-5,8,10-11H2,1-2H3. The number of likely N-dealkylation sites (tertiary alicyclic amines) is 1. The number of hydrogen-bond acceptors (Lipinski definition) is 2. The first-order valence-electron chi connectivity index (χ1n) is 8.05. The van der Waals surface area contributed by atoms with Gasteiger partial charge in [0.15, 0.2) is 0 Å². The molecule has 2 unspecified atom stereocenters. The second-order valence-electron chi connectivity index (χ2n) is 6.56. The van der Waals surface area contributed by atoms with Gasteiger partial charge < -0.3 is 15.0 Å². The average Bonchev–Trinajstić information content (AvgIpc) is 2.89. The number of nitrogens with one attached hydrogen (secondary N) is 1. The monoisotopic (exact) mass is 300 g/mol. The fraction of sp³-hybridized carbons (Fsp3) is 0.500. The Morgan fingerprint density at radius 3 is 3.00 bits per heavy atom. The smallest absolute Gasteiger partial charge is 0.227 e. The highest BCUT2D eigenvalue weighted by Gasteiger charge is 2.28. The summed E-state index contributed by atoms with van der Waals surface area (Å²) in [5.74, 6) is 0.387. The van der Waals surface area contributed by atoms with Crippen molar-refractivity contribution in [3.8, 4) is 0 Å². The summed E-state index contributed by atoms with van der Waals surface area (Å²) in [4.78, 5) is 17.9. The van der Waals surface area contributed by atoms with Crippen LogP contribution in [0.3, 0.4) is 0 Å². The van der Waals surface area contributed by atoms with E-state index in [-0.39, 0.29) is 24.5 Å². The van der Waals surface area contributed by atoms with Crippen LogP contribution in [-0.2, 0) is 11.2 Å². The fourth-order valence-corrected chi connectivity index (χ4v) is 3.39. The van der Waals surface area contributed by atoms with E-state index in [9.17, 15) is 9.90 Å². The number of aliphatic hydroxyl groups is 1. The van der Waals surface area contributed by atoms with E-state index in [4.69, 9.17) is 0 Å². The van der Waals surface area contributed by atoms with Gasteiger partial charge in [0, 0.05) is 36.3 Å². The van der Waals surface area contributed by atoms with Crippen LogP contribution in [0.4, 0.5) is 0 Å². The van der Waals surface area contributed by atoms with Crippen LogP contribution in [0.5, 0.6) is 0 Å². The van der Waals surface area contributed by atoms with Gasteiger partial charge in [-0.3, -0.25) is 4.79 Å². The third-order valence-corrected chi connectivity index (χ3v) is 4.82. The number of aryl methyl sites for hydroxylation is 1. The lowest BCUT2D eigenvalue weighted by molar-refractivity contribution is -0.135. The molecule has 22 heavy (non-hydrogen) atoms. The van der Waals surface area contributed by atoms with Crippen LogP contribution in [0, 0.1) is 12.8 Å². The lowest BCUT2D eigenvalue weighted by atomic mass is 9.93. The topological polar surface area (TPSA) is 56.3 Å². The lowest BCUT2D eigenvalue weighted by Crippen LogP contribution is -2.46. The molecule has 1 aromatic heterocycles. The Kier molecular flexibility index (Phi) is 4.21. The average molecular weight is 300 g/mol. The molecule has 0 radical (unpaired) electrons. The van der Waals surface area contributed by atoms with Crippen LogP contribution in [0.15, 0.2) is 24.4 Å². The highest BCUT2D eigenvalue weighted by Crippen LogP contribution is 2.24. The van der Waals surface area contributed by atoms with E-state index < -0.39 is 0 Å². The van der Waals surface area contributed by atoms with E-state index in [1.54, 1.807) is 0 Å². The summed E-state index contributed by atoms with van der Waals surface area (Å²) in [5, 5.41) is 10.5. The molecule has 2 atom stereocenters. The number of benzene rings is 1. The maximum atomic E-state index is 12.7. The van der Waals surface area contributed by atoms with Crippen molar-refractivity contribution in [2.45, 2.75) is 39.2 Å². The fourth-order valence-electron chi connectivity index (χ4n) is 3.39. The van der Waals surface area contributed by atoms with Crippen LogP contribution in [0.2, 0.25) is 0 Å². The predicted molar refractivity (Wildman–Crippen MR) is 87.7 cm³/mol. The van der Waals surface area contributed by atoms with E-state index in [0.29, 0.717) is 13.0 Å². The van der Waals surface area contributed by atoms with Crippen molar-refractivity contribution in [1.29, 1.82) is 0 Å². The van der Waals surface area contributed by atoms with Crippen LogP contribution >= 0.6 is 0 Å². The Morgan fingerprint density at radius 2 is 2.23 bits per heavy atom. The Labute approximate surface area is 131 Å². The number of carbonyl (C=O) groups excluding carboxylic acids is 1. The number of rotatable bonds is 3. The Morgan fingerprint density at radius 1 is 1.41 bits per heavy atom. The van der Waals surface area contributed by atoms with E-state index in [0.717, 1.165) is 29.3 Å². The number of fused-ring (bicyclic) bond motifs is 1. The number of piperidine rings is 1. The zero-order valence-electron chi connectivity index (χ0n) is 13.3. The maximum Gasteiger partial charge on any atom is 0.227 e. The molecule has 1 fully saturated rings. The van der Waals surface area contributed by atoms with E-state index in [2.05, 4.69) is 37.0 Å². The molecule has 1 amide bonds. The second-order valence-corrected chi connectivity index (χ2v) is 6.56. The number of aromatic nitrogens is 1. The van der Waals surface area contributed by atoms with Crippen LogP contribution in [-0.4, -0.2) is 40.1 Å². The van der Waals surface area contributed by atoms with Crippen molar-refractivity contribution >= 4 is 16.8 Å². The third kappa shape index (κ3) is 2.88. The number of nitrogens with zero attached hydrogens (tertiary/aromatic N) is 1. The number of amides is 1. The number of aliphatic hydroxyl groups excluding tert-OH is 1. The summed E-state index contributed by atoms with van der Waals surface area (Å²) in [6, 6.07) is 6.53. The first-order chi connectivity index (χ1) is 10.6. The van der Waals surface area contributed by atoms with Crippen molar-refractivity contribution in [3.63, 3.8) is 0 Å². The SMILES string of the molecule is Cc1ccc2c(CC(=O)N3CC(CO)CCC3C)c[nH]c2c1. The molecule has 1 aromatic carbocycles. The zero-order valence-corrected chi connectivity index (χ0v) is 13.3. The van der Waals surface area contributed by atoms with Crippen LogP contribution in [0.25, 0.3) is 10.9 Å². The molecular weight excluding hydrogens is 276 g/mol. The minimum Gasteiger partial charge on any atom is -0.396 e. The molecule has 2 N–H and O–H groups in total. The predicted octanol–water partition coefficient (Wildman–Crippen LogP) is 2.64. The molecule has 0 spiro atoms. The third-order valence-electron chi connectivity index (χ3n) is 4.82. The summed E-state index contributed by atoms with van der Waals surface area (Å²) in [6.45, 7) is 5.01. The summed E-state index contributed by atoms with van der Waals surface area (Å²) in [7, 11) is 0. The minimum absolute atomic E-state index is 0.159. The normalized spacial score (nSPS) is 22.2. The molecule has 0 saturated carbocycles. The van der Waals surface area contributed by atoms with Gasteiger partial charge in [0.1, 0.15) is 0 Å². The highest BCUT2D eigenvalue weighted by atomic mass is 16.3. The number of carbonyl (C=O) groups is 1. The molecule has 4 nitrogen and oxygen atoms in total. The van der Waals surface area contributed by atoms with Gasteiger partial charge in [0.05, 0.1) is 6.42 Å². The van der Waals surface area contributed by atoms with Gasteiger partial charge >= 0.3 is 0 Å². The Bertz CT molecular complexity index is 677. The zero-order chi connectivity index (χ0) is 15.7. The van der Waals surface area contributed by atoms with Gasteiger partial charge in [-0.2, -0.15) is 0 Å². The van der Waals surface area contributed by atoms with Gasteiger partial charge in [-0.05, 0) is 49.8 Å². The van der Waals surface area contributed by atoms with Gasteiger partial charge in [-0.25, -0.2) is 0 Å². The van der Waals surface area contributed by atoms with Crippen molar-refractivity contribution in [1.82, 2.24) is 9.88 Å². The largest absolute Gasteiger partial charge is 0.396 e. The van der Waals surface area contributed by atoms with Gasteiger partial charge in [-0.15, -0.1) is 0 Å². The maximum absolute atomic E-state index is 12.7. The second kappa shape index (κ2) is 6.13. The molecule has 1 aliphatic heterocycles. The van der Waals surface area contributed by atoms with Gasteiger partial charge in [-0.1, -0.05) is 12.1 Å². The van der Waals surface area contributed by atoms with E-state index in [1.165, 1.54) is 5.56 Å². The molecule has 1 aliphatic rings. The molecular formula is C18H24N2O2. The molecule has 118 valence electrons. The number of aromatic amines is 1. The van der Waals surface area contributed by atoms with Gasteiger partial charge in [0.25, 0.3) is 0 Å². The summed E-state index contributed by atoms with van der Waals surface area (Å²) < 4.78 is 0. The first-order valence-corrected chi connectivity index (χ1v) is 8.05. The molecule has 0 bridgehead atoms. The van der Waals surface area contributed by atoms with Crippen molar-refractivity contribution < 1.29 is 9.90 Å². The first kappa shape index (κ1) is 15.1. The molecule has 3 rings (SSSR count).